The highest BCUT2D eigenvalue weighted by molar-refractivity contribution is 7.09. The normalized spacial score (nSPS) is 10.5. The molecule has 6 heteroatoms. The van der Waals surface area contributed by atoms with Gasteiger partial charge in [0.2, 0.25) is 5.91 Å². The Bertz CT molecular complexity index is 587. The van der Waals surface area contributed by atoms with E-state index in [1.165, 1.54) is 4.88 Å². The van der Waals surface area contributed by atoms with Crippen molar-refractivity contribution in [1.29, 1.82) is 0 Å². The van der Waals surface area contributed by atoms with E-state index >= 15 is 0 Å². The smallest absolute Gasteiger partial charge is 0.226 e. The average molecular weight is 325 g/mol. The number of rotatable bonds is 7. The minimum Gasteiger partial charge on any atom is -0.397 e. The minimum atomic E-state index is -0.139. The number of nitrogens with two attached hydrogens (primary N) is 1. The van der Waals surface area contributed by atoms with Crippen molar-refractivity contribution in [3.8, 4) is 0 Å². The number of anilines is 2. The summed E-state index contributed by atoms with van der Waals surface area (Å²) in [5, 5.41) is 5.30. The van der Waals surface area contributed by atoms with Crippen LogP contribution < -0.4 is 11.1 Å². The lowest BCUT2D eigenvalue weighted by Crippen LogP contribution is -2.15. The molecule has 1 heterocycles. The summed E-state index contributed by atoms with van der Waals surface area (Å²) >= 11 is 7.57. The van der Waals surface area contributed by atoms with Gasteiger partial charge in [-0.3, -0.25) is 4.79 Å². The van der Waals surface area contributed by atoms with Gasteiger partial charge in [-0.1, -0.05) is 17.7 Å². The Morgan fingerprint density at radius 1 is 1.33 bits per heavy atom. The standard InChI is InChI=1S/C15H17ClN2O2S/c16-11-3-4-13(17)14(10-11)18-15(19)6-8-20-7-5-12-2-1-9-21-12/h1-4,9-10H,5-8,17H2,(H,18,19). The van der Waals surface area contributed by atoms with Crippen LogP contribution in [0.3, 0.4) is 0 Å². The summed E-state index contributed by atoms with van der Waals surface area (Å²) < 4.78 is 5.46. The van der Waals surface area contributed by atoms with Crippen LogP contribution in [0.4, 0.5) is 11.4 Å². The molecule has 0 unspecified atom stereocenters. The van der Waals surface area contributed by atoms with Gasteiger partial charge in [-0.15, -0.1) is 11.3 Å². The monoisotopic (exact) mass is 324 g/mol. The number of benzene rings is 1. The lowest BCUT2D eigenvalue weighted by atomic mass is 10.2. The number of hydrogen-bond donors (Lipinski definition) is 2. The molecule has 0 saturated carbocycles. The molecule has 0 atom stereocenters. The molecule has 0 spiro atoms. The quantitative estimate of drug-likeness (QED) is 0.604. The van der Waals surface area contributed by atoms with Crippen LogP contribution in [-0.4, -0.2) is 19.1 Å². The zero-order valence-electron chi connectivity index (χ0n) is 11.5. The highest BCUT2D eigenvalue weighted by Crippen LogP contribution is 2.22. The third-order valence-corrected chi connectivity index (χ3v) is 4.01. The van der Waals surface area contributed by atoms with E-state index in [1.54, 1.807) is 29.5 Å². The van der Waals surface area contributed by atoms with Crippen LogP contribution in [0.2, 0.25) is 5.02 Å². The number of carbonyl (C=O) groups excluding carboxylic acids is 1. The molecule has 0 fully saturated rings. The molecule has 1 aromatic carbocycles. The first-order chi connectivity index (χ1) is 10.1. The number of nitrogen functional groups attached to an aromatic ring is 1. The third kappa shape index (κ3) is 5.38. The first-order valence-electron chi connectivity index (χ1n) is 6.60. The molecule has 0 aliphatic heterocycles. The van der Waals surface area contributed by atoms with Crippen molar-refractivity contribution >= 4 is 40.2 Å². The first-order valence-corrected chi connectivity index (χ1v) is 7.86. The molecule has 2 aromatic rings. The van der Waals surface area contributed by atoms with Gasteiger partial charge in [-0.25, -0.2) is 0 Å². The minimum absolute atomic E-state index is 0.139. The fourth-order valence-electron chi connectivity index (χ4n) is 1.74. The maximum Gasteiger partial charge on any atom is 0.226 e. The van der Waals surface area contributed by atoms with E-state index in [-0.39, 0.29) is 12.3 Å². The maximum atomic E-state index is 11.8. The molecular formula is C15H17ClN2O2S. The van der Waals surface area contributed by atoms with Crippen molar-refractivity contribution in [2.45, 2.75) is 12.8 Å². The Morgan fingerprint density at radius 3 is 2.95 bits per heavy atom. The molecule has 0 radical (unpaired) electrons. The number of ether oxygens (including phenoxy) is 1. The summed E-state index contributed by atoms with van der Waals surface area (Å²) in [7, 11) is 0. The van der Waals surface area contributed by atoms with E-state index in [2.05, 4.69) is 11.4 Å². The zero-order chi connectivity index (χ0) is 15.1. The number of hydrogen-bond acceptors (Lipinski definition) is 4. The van der Waals surface area contributed by atoms with Gasteiger partial charge in [0.25, 0.3) is 0 Å². The van der Waals surface area contributed by atoms with E-state index in [0.717, 1.165) is 6.42 Å². The fourth-order valence-corrected chi connectivity index (χ4v) is 2.61. The third-order valence-electron chi connectivity index (χ3n) is 2.84. The van der Waals surface area contributed by atoms with E-state index < -0.39 is 0 Å². The van der Waals surface area contributed by atoms with Gasteiger partial charge in [-0.05, 0) is 29.6 Å². The fraction of sp³-hybridized carbons (Fsp3) is 0.267. The molecule has 0 aliphatic carbocycles. The van der Waals surface area contributed by atoms with Crippen molar-refractivity contribution in [1.82, 2.24) is 0 Å². The molecule has 112 valence electrons. The van der Waals surface area contributed by atoms with Crippen LogP contribution in [0.25, 0.3) is 0 Å². The Hall–Kier alpha value is -1.56. The first kappa shape index (κ1) is 15.8. The van der Waals surface area contributed by atoms with Crippen LogP contribution in [0.15, 0.2) is 35.7 Å². The second-order valence-electron chi connectivity index (χ2n) is 4.47. The predicted octanol–water partition coefficient (Wildman–Crippen LogP) is 3.57. The van der Waals surface area contributed by atoms with E-state index in [1.807, 2.05) is 11.4 Å². The molecule has 3 N–H and O–H groups in total. The van der Waals surface area contributed by atoms with Crippen molar-refractivity contribution < 1.29 is 9.53 Å². The van der Waals surface area contributed by atoms with Gasteiger partial charge >= 0.3 is 0 Å². The van der Waals surface area contributed by atoms with Gasteiger partial charge in [0, 0.05) is 16.3 Å². The summed E-state index contributed by atoms with van der Waals surface area (Å²) in [4.78, 5) is 13.1. The second kappa shape index (κ2) is 8.02. The maximum absolute atomic E-state index is 11.8. The molecule has 0 bridgehead atoms. The highest BCUT2D eigenvalue weighted by Gasteiger charge is 2.06. The number of nitrogens with one attached hydrogen (secondary N) is 1. The van der Waals surface area contributed by atoms with Crippen LogP contribution in [0, 0.1) is 0 Å². The molecule has 4 nitrogen and oxygen atoms in total. The SMILES string of the molecule is Nc1ccc(Cl)cc1NC(=O)CCOCCc1cccs1. The largest absolute Gasteiger partial charge is 0.397 e. The van der Waals surface area contributed by atoms with Crippen LogP contribution in [-0.2, 0) is 16.0 Å². The molecule has 21 heavy (non-hydrogen) atoms. The van der Waals surface area contributed by atoms with E-state index in [4.69, 9.17) is 22.1 Å². The Morgan fingerprint density at radius 2 is 2.19 bits per heavy atom. The van der Waals surface area contributed by atoms with Gasteiger partial charge in [0.05, 0.1) is 31.0 Å². The van der Waals surface area contributed by atoms with Gasteiger partial charge in [0.15, 0.2) is 0 Å². The summed E-state index contributed by atoms with van der Waals surface area (Å²) in [6.07, 6.45) is 1.16. The number of halogens is 1. The second-order valence-corrected chi connectivity index (χ2v) is 5.94. The molecule has 0 aliphatic rings. The Balaban J connectivity index is 1.66. The average Bonchev–Trinajstić information content (AvgIpc) is 2.96. The van der Waals surface area contributed by atoms with Crippen molar-refractivity contribution in [3.63, 3.8) is 0 Å². The Labute approximate surface area is 132 Å². The lowest BCUT2D eigenvalue weighted by molar-refractivity contribution is -0.117. The zero-order valence-corrected chi connectivity index (χ0v) is 13.0. The van der Waals surface area contributed by atoms with Crippen LogP contribution in [0.1, 0.15) is 11.3 Å². The highest BCUT2D eigenvalue weighted by atomic mass is 35.5. The summed E-state index contributed by atoms with van der Waals surface area (Å²) in [5.41, 5.74) is 6.79. The summed E-state index contributed by atoms with van der Waals surface area (Å²) in [6, 6.07) is 9.06. The molecule has 0 saturated heterocycles. The molecule has 1 aromatic heterocycles. The number of carbonyl (C=O) groups is 1. The molecule has 1 amide bonds. The summed E-state index contributed by atoms with van der Waals surface area (Å²) in [6.45, 7) is 1.00. The van der Waals surface area contributed by atoms with Gasteiger partial charge in [-0.2, -0.15) is 0 Å². The van der Waals surface area contributed by atoms with Crippen LogP contribution in [0.5, 0.6) is 0 Å². The molecular weight excluding hydrogens is 308 g/mol. The topological polar surface area (TPSA) is 64.3 Å². The van der Waals surface area contributed by atoms with E-state index in [9.17, 15) is 4.79 Å². The summed E-state index contributed by atoms with van der Waals surface area (Å²) in [5.74, 6) is -0.139. The van der Waals surface area contributed by atoms with Crippen LogP contribution >= 0.6 is 22.9 Å². The van der Waals surface area contributed by atoms with Gasteiger partial charge < -0.3 is 15.8 Å². The molecule has 2 rings (SSSR count). The predicted molar refractivity (Wildman–Crippen MR) is 88.0 cm³/mol. The number of amides is 1. The lowest BCUT2D eigenvalue weighted by Gasteiger charge is -2.08. The van der Waals surface area contributed by atoms with Crippen molar-refractivity contribution in [2.24, 2.45) is 0 Å². The van der Waals surface area contributed by atoms with Gasteiger partial charge in [0.1, 0.15) is 0 Å². The van der Waals surface area contributed by atoms with Crippen molar-refractivity contribution in [2.75, 3.05) is 24.3 Å². The number of thiophene rings is 1. The van der Waals surface area contributed by atoms with Crippen molar-refractivity contribution in [3.05, 3.63) is 45.6 Å². The van der Waals surface area contributed by atoms with E-state index in [0.29, 0.717) is 29.6 Å². The Kier molecular flexibility index (Phi) is 6.04.